The fourth-order valence-electron chi connectivity index (χ4n) is 2.97. The molecule has 0 bridgehead atoms. The molecule has 0 spiro atoms. The number of nitrogens with zero attached hydrogens (tertiary/aromatic N) is 1. The third kappa shape index (κ3) is 3.92. The van der Waals surface area contributed by atoms with Crippen molar-refractivity contribution in [3.63, 3.8) is 0 Å². The molecule has 0 atom stereocenters. The Balaban J connectivity index is 1.92. The Hall–Kier alpha value is -1.90. The molecule has 0 fully saturated rings. The number of hydrogen-bond donors (Lipinski definition) is 1. The van der Waals surface area contributed by atoms with E-state index in [9.17, 15) is 13.2 Å². The van der Waals surface area contributed by atoms with E-state index in [4.69, 9.17) is 4.74 Å². The molecular formula is C18H19BrN2O4S. The van der Waals surface area contributed by atoms with Crippen LogP contribution in [0.5, 0.6) is 0 Å². The number of benzene rings is 2. The van der Waals surface area contributed by atoms with Crippen molar-refractivity contribution in [2.24, 2.45) is 0 Å². The molecule has 8 heteroatoms. The summed E-state index contributed by atoms with van der Waals surface area (Å²) in [6.45, 7) is 0.585. The molecule has 0 saturated heterocycles. The van der Waals surface area contributed by atoms with Crippen molar-refractivity contribution in [1.29, 1.82) is 0 Å². The van der Waals surface area contributed by atoms with Crippen LogP contribution in [0.25, 0.3) is 0 Å². The van der Waals surface area contributed by atoms with E-state index in [0.717, 1.165) is 24.1 Å². The molecule has 3 rings (SSSR count). The maximum Gasteiger partial charge on any atom is 0.263 e. The average molecular weight is 439 g/mol. The van der Waals surface area contributed by atoms with E-state index in [2.05, 4.69) is 20.7 Å². The lowest BCUT2D eigenvalue weighted by Crippen LogP contribution is -2.37. The summed E-state index contributed by atoms with van der Waals surface area (Å²) in [7, 11) is -2.27. The number of rotatable bonds is 5. The topological polar surface area (TPSA) is 75.7 Å². The molecule has 138 valence electrons. The Morgan fingerprint density at radius 1 is 1.27 bits per heavy atom. The fraction of sp³-hybridized carbons (Fsp3) is 0.278. The number of aryl methyl sites for hydroxylation is 1. The number of fused-ring (bicyclic) bond motifs is 1. The van der Waals surface area contributed by atoms with E-state index in [-0.39, 0.29) is 17.4 Å². The van der Waals surface area contributed by atoms with Crippen LogP contribution >= 0.6 is 15.9 Å². The van der Waals surface area contributed by atoms with Crippen molar-refractivity contribution in [2.45, 2.75) is 17.7 Å². The highest BCUT2D eigenvalue weighted by atomic mass is 79.9. The number of ether oxygens (including phenoxy) is 1. The largest absolute Gasteiger partial charge is 0.375 e. The molecule has 0 saturated carbocycles. The lowest BCUT2D eigenvalue weighted by molar-refractivity contribution is -0.122. The van der Waals surface area contributed by atoms with Gasteiger partial charge in [0.05, 0.1) is 5.69 Å². The van der Waals surface area contributed by atoms with Crippen LogP contribution in [0.3, 0.4) is 0 Å². The maximum atomic E-state index is 12.7. The molecule has 1 amide bonds. The number of sulfonamides is 1. The molecule has 6 nitrogen and oxygen atoms in total. The third-order valence-electron chi connectivity index (χ3n) is 4.15. The number of amides is 1. The number of carbonyl (C=O) groups is 1. The molecule has 0 aromatic heterocycles. The molecule has 1 heterocycles. The molecule has 26 heavy (non-hydrogen) atoms. The number of hydrogen-bond acceptors (Lipinski definition) is 4. The van der Waals surface area contributed by atoms with Gasteiger partial charge in [-0.25, -0.2) is 8.42 Å². The highest BCUT2D eigenvalue weighted by Gasteiger charge is 2.24. The van der Waals surface area contributed by atoms with Gasteiger partial charge >= 0.3 is 0 Å². The summed E-state index contributed by atoms with van der Waals surface area (Å²) in [6, 6.07) is 11.9. The first kappa shape index (κ1) is 18.9. The van der Waals surface area contributed by atoms with Gasteiger partial charge in [-0.3, -0.25) is 9.52 Å². The SMILES string of the molecule is COCC(=O)N1CCCc2ccc(NS(=O)(=O)c3ccccc3Br)cc21. The number of methoxy groups -OCH3 is 1. The predicted molar refractivity (Wildman–Crippen MR) is 104 cm³/mol. The fourth-order valence-corrected chi connectivity index (χ4v) is 5.03. The van der Waals surface area contributed by atoms with Crippen LogP contribution in [-0.4, -0.2) is 34.6 Å². The lowest BCUT2D eigenvalue weighted by atomic mass is 10.0. The summed E-state index contributed by atoms with van der Waals surface area (Å²) in [4.78, 5) is 14.1. The lowest BCUT2D eigenvalue weighted by Gasteiger charge is -2.30. The first-order chi connectivity index (χ1) is 12.4. The summed E-state index contributed by atoms with van der Waals surface area (Å²) >= 11 is 3.27. The predicted octanol–water partition coefficient (Wildman–Crippen LogP) is 3.18. The Bertz CT molecular complexity index is 931. The summed E-state index contributed by atoms with van der Waals surface area (Å²) in [6.07, 6.45) is 1.72. The van der Waals surface area contributed by atoms with Gasteiger partial charge in [-0.15, -0.1) is 0 Å². The van der Waals surface area contributed by atoms with Crippen molar-refractivity contribution in [2.75, 3.05) is 29.9 Å². The van der Waals surface area contributed by atoms with Crippen molar-refractivity contribution >= 4 is 43.2 Å². The summed E-state index contributed by atoms with van der Waals surface area (Å²) in [5, 5.41) is 0. The standard InChI is InChI=1S/C18H19BrN2O4S/c1-25-12-18(22)21-10-4-5-13-8-9-14(11-16(13)21)20-26(23,24)17-7-3-2-6-15(17)19/h2-3,6-9,11,20H,4-5,10,12H2,1H3. The van der Waals surface area contributed by atoms with E-state index >= 15 is 0 Å². The van der Waals surface area contributed by atoms with Gasteiger partial charge in [0, 0.05) is 23.8 Å². The Morgan fingerprint density at radius 2 is 2.04 bits per heavy atom. The minimum atomic E-state index is -3.74. The highest BCUT2D eigenvalue weighted by molar-refractivity contribution is 9.10. The van der Waals surface area contributed by atoms with Crippen LogP contribution < -0.4 is 9.62 Å². The van der Waals surface area contributed by atoms with E-state index in [1.807, 2.05) is 6.07 Å². The molecule has 0 radical (unpaired) electrons. The van der Waals surface area contributed by atoms with Crippen LogP contribution in [0.1, 0.15) is 12.0 Å². The van der Waals surface area contributed by atoms with E-state index < -0.39 is 10.0 Å². The first-order valence-corrected chi connectivity index (χ1v) is 10.4. The van der Waals surface area contributed by atoms with Gasteiger partial charge in [-0.05, 0) is 58.6 Å². The van der Waals surface area contributed by atoms with Crippen LogP contribution in [-0.2, 0) is 26.0 Å². The molecular weight excluding hydrogens is 420 g/mol. The Morgan fingerprint density at radius 3 is 2.77 bits per heavy atom. The van der Waals surface area contributed by atoms with E-state index in [1.54, 1.807) is 35.2 Å². The number of carbonyl (C=O) groups excluding carboxylic acids is 1. The van der Waals surface area contributed by atoms with Crippen molar-refractivity contribution in [3.8, 4) is 0 Å². The monoisotopic (exact) mass is 438 g/mol. The van der Waals surface area contributed by atoms with Crippen LogP contribution in [0.2, 0.25) is 0 Å². The molecule has 1 aliphatic heterocycles. The molecule has 1 N–H and O–H groups in total. The van der Waals surface area contributed by atoms with Crippen molar-refractivity contribution in [1.82, 2.24) is 0 Å². The second kappa shape index (κ2) is 7.77. The third-order valence-corrected chi connectivity index (χ3v) is 6.54. The van der Waals surface area contributed by atoms with Gasteiger partial charge in [0.25, 0.3) is 15.9 Å². The second-order valence-electron chi connectivity index (χ2n) is 5.96. The van der Waals surface area contributed by atoms with Gasteiger partial charge in [-0.1, -0.05) is 18.2 Å². The van der Waals surface area contributed by atoms with Gasteiger partial charge in [0.1, 0.15) is 11.5 Å². The zero-order chi connectivity index (χ0) is 18.7. The number of nitrogens with one attached hydrogen (secondary N) is 1. The molecule has 2 aromatic rings. The zero-order valence-corrected chi connectivity index (χ0v) is 16.6. The quantitative estimate of drug-likeness (QED) is 0.777. The first-order valence-electron chi connectivity index (χ1n) is 8.12. The molecule has 1 aliphatic rings. The minimum Gasteiger partial charge on any atom is -0.375 e. The minimum absolute atomic E-state index is 0.00758. The van der Waals surface area contributed by atoms with Crippen LogP contribution in [0.4, 0.5) is 11.4 Å². The Kier molecular flexibility index (Phi) is 5.64. The normalized spacial score (nSPS) is 14.0. The summed E-state index contributed by atoms with van der Waals surface area (Å²) in [5.41, 5.74) is 2.16. The highest BCUT2D eigenvalue weighted by Crippen LogP contribution is 2.31. The van der Waals surface area contributed by atoms with E-state index in [0.29, 0.717) is 16.7 Å². The molecule has 0 unspecified atom stereocenters. The van der Waals surface area contributed by atoms with Crippen LogP contribution in [0.15, 0.2) is 51.8 Å². The van der Waals surface area contributed by atoms with Crippen LogP contribution in [0, 0.1) is 0 Å². The van der Waals surface area contributed by atoms with Gasteiger partial charge in [0.15, 0.2) is 0 Å². The Labute approximate surface area is 161 Å². The molecule has 0 aliphatic carbocycles. The smallest absolute Gasteiger partial charge is 0.263 e. The van der Waals surface area contributed by atoms with Crippen molar-refractivity contribution in [3.05, 3.63) is 52.5 Å². The summed E-state index contributed by atoms with van der Waals surface area (Å²) < 4.78 is 33.4. The second-order valence-corrected chi connectivity index (χ2v) is 8.47. The molecule has 2 aromatic carbocycles. The average Bonchev–Trinajstić information content (AvgIpc) is 2.61. The van der Waals surface area contributed by atoms with E-state index in [1.165, 1.54) is 13.2 Å². The van der Waals surface area contributed by atoms with Crippen molar-refractivity contribution < 1.29 is 17.9 Å². The zero-order valence-electron chi connectivity index (χ0n) is 14.2. The van der Waals surface area contributed by atoms with Gasteiger partial charge < -0.3 is 9.64 Å². The van der Waals surface area contributed by atoms with Gasteiger partial charge in [-0.2, -0.15) is 0 Å². The van der Waals surface area contributed by atoms with Gasteiger partial charge in [0.2, 0.25) is 0 Å². The maximum absolute atomic E-state index is 12.7. The number of anilines is 2. The number of halogens is 1. The summed E-state index contributed by atoms with van der Waals surface area (Å²) in [5.74, 6) is -0.140.